The van der Waals surface area contributed by atoms with E-state index in [0.717, 1.165) is 19.5 Å². The lowest BCUT2D eigenvalue weighted by atomic mass is 9.94. The predicted octanol–water partition coefficient (Wildman–Crippen LogP) is 2.00. The van der Waals surface area contributed by atoms with Gasteiger partial charge >= 0.3 is 0 Å². The molecule has 0 saturated carbocycles. The Balaban J connectivity index is 1.69. The molecule has 0 bridgehead atoms. The van der Waals surface area contributed by atoms with Crippen LogP contribution in [0.25, 0.3) is 0 Å². The smallest absolute Gasteiger partial charge is 0.112 e. The molecular formula is C13H17N5. The Morgan fingerprint density at radius 1 is 1.17 bits per heavy atom. The van der Waals surface area contributed by atoms with Gasteiger partial charge in [0.1, 0.15) is 5.82 Å². The second-order valence-corrected chi connectivity index (χ2v) is 4.63. The van der Waals surface area contributed by atoms with Crippen molar-refractivity contribution in [1.82, 2.24) is 24.5 Å². The highest BCUT2D eigenvalue weighted by Gasteiger charge is 2.17. The predicted molar refractivity (Wildman–Crippen MR) is 68.0 cm³/mol. The monoisotopic (exact) mass is 243 g/mol. The van der Waals surface area contributed by atoms with Crippen LogP contribution < -0.4 is 0 Å². The van der Waals surface area contributed by atoms with Crippen molar-refractivity contribution in [2.24, 2.45) is 0 Å². The molecule has 2 aromatic rings. The van der Waals surface area contributed by atoms with Gasteiger partial charge in [-0.3, -0.25) is 4.68 Å². The molecular weight excluding hydrogens is 226 g/mol. The average Bonchev–Trinajstić information content (AvgIpc) is 3.09. The molecule has 0 aliphatic heterocycles. The summed E-state index contributed by atoms with van der Waals surface area (Å²) in [5.41, 5.74) is 0. The number of allylic oxidation sites excluding steroid dienone is 2. The van der Waals surface area contributed by atoms with E-state index in [2.05, 4.69) is 38.2 Å². The summed E-state index contributed by atoms with van der Waals surface area (Å²) in [5, 5.41) is 7.79. The third-order valence-electron chi connectivity index (χ3n) is 3.42. The Morgan fingerprint density at radius 2 is 2.17 bits per heavy atom. The van der Waals surface area contributed by atoms with Gasteiger partial charge in [0.25, 0.3) is 0 Å². The van der Waals surface area contributed by atoms with Crippen molar-refractivity contribution < 1.29 is 0 Å². The van der Waals surface area contributed by atoms with Gasteiger partial charge in [-0.15, -0.1) is 5.10 Å². The average molecular weight is 243 g/mol. The Hall–Kier alpha value is -1.91. The van der Waals surface area contributed by atoms with Crippen molar-refractivity contribution in [1.29, 1.82) is 0 Å². The van der Waals surface area contributed by atoms with E-state index in [1.807, 2.05) is 17.1 Å². The quantitative estimate of drug-likeness (QED) is 0.772. The molecule has 0 N–H and O–H groups in total. The topological polar surface area (TPSA) is 48.5 Å². The molecule has 0 saturated heterocycles. The first-order valence-corrected chi connectivity index (χ1v) is 6.43. The number of hydrogen-bond donors (Lipinski definition) is 0. The molecule has 0 fully saturated rings. The van der Waals surface area contributed by atoms with Crippen LogP contribution in [-0.4, -0.2) is 24.5 Å². The van der Waals surface area contributed by atoms with Gasteiger partial charge in [0.05, 0.1) is 12.7 Å². The maximum absolute atomic E-state index is 4.52. The van der Waals surface area contributed by atoms with Crippen molar-refractivity contribution in [3.05, 3.63) is 42.8 Å². The van der Waals surface area contributed by atoms with Gasteiger partial charge in [-0.25, -0.2) is 4.98 Å². The van der Waals surface area contributed by atoms with Gasteiger partial charge in [-0.05, 0) is 19.3 Å². The van der Waals surface area contributed by atoms with Crippen molar-refractivity contribution in [3.8, 4) is 0 Å². The molecule has 5 nitrogen and oxygen atoms in total. The first-order chi connectivity index (χ1) is 8.93. The summed E-state index contributed by atoms with van der Waals surface area (Å²) in [7, 11) is 0. The molecule has 3 rings (SSSR count). The van der Waals surface area contributed by atoms with Crippen LogP contribution in [-0.2, 0) is 13.1 Å². The van der Waals surface area contributed by atoms with E-state index < -0.39 is 0 Å². The molecule has 0 aromatic carbocycles. The van der Waals surface area contributed by atoms with Crippen LogP contribution in [0.15, 0.2) is 36.9 Å². The van der Waals surface area contributed by atoms with Crippen LogP contribution in [0.3, 0.4) is 0 Å². The number of imidazole rings is 1. The standard InChI is InChI=1S/C13H17N5/c1-2-4-12(5-3-1)13-14-6-8-17(13)10-11-18-9-7-15-16-18/h1-2,6-9,12H,3-5,10-11H2. The number of nitrogens with zero attached hydrogens (tertiary/aromatic N) is 5. The van der Waals surface area contributed by atoms with Crippen LogP contribution in [0.5, 0.6) is 0 Å². The Bertz CT molecular complexity index is 511. The van der Waals surface area contributed by atoms with Crippen molar-refractivity contribution in [2.45, 2.75) is 38.3 Å². The lowest BCUT2D eigenvalue weighted by molar-refractivity contribution is 0.480. The molecule has 18 heavy (non-hydrogen) atoms. The fourth-order valence-electron chi connectivity index (χ4n) is 2.46. The van der Waals surface area contributed by atoms with Gasteiger partial charge < -0.3 is 4.57 Å². The molecule has 1 unspecified atom stereocenters. The number of aromatic nitrogens is 5. The molecule has 2 heterocycles. The largest absolute Gasteiger partial charge is 0.333 e. The van der Waals surface area contributed by atoms with Crippen molar-refractivity contribution in [3.63, 3.8) is 0 Å². The summed E-state index contributed by atoms with van der Waals surface area (Å²) in [5.74, 6) is 1.78. The van der Waals surface area contributed by atoms with Crippen LogP contribution in [0, 0.1) is 0 Å². The summed E-state index contributed by atoms with van der Waals surface area (Å²) in [6.45, 7) is 1.74. The second kappa shape index (κ2) is 5.16. The minimum Gasteiger partial charge on any atom is -0.333 e. The Morgan fingerprint density at radius 3 is 2.94 bits per heavy atom. The highest BCUT2D eigenvalue weighted by Crippen LogP contribution is 2.27. The summed E-state index contributed by atoms with van der Waals surface area (Å²) in [6.07, 6.45) is 15.6. The lowest BCUT2D eigenvalue weighted by Gasteiger charge is -2.18. The first-order valence-electron chi connectivity index (χ1n) is 6.43. The third kappa shape index (κ3) is 2.34. The van der Waals surface area contributed by atoms with Gasteiger partial charge in [0, 0.05) is 31.1 Å². The zero-order valence-corrected chi connectivity index (χ0v) is 10.3. The van der Waals surface area contributed by atoms with E-state index in [0.29, 0.717) is 5.92 Å². The van der Waals surface area contributed by atoms with Crippen LogP contribution in [0.1, 0.15) is 31.0 Å². The summed E-state index contributed by atoms with van der Waals surface area (Å²) < 4.78 is 4.09. The van der Waals surface area contributed by atoms with E-state index in [1.54, 1.807) is 6.20 Å². The van der Waals surface area contributed by atoms with E-state index in [-0.39, 0.29) is 0 Å². The first kappa shape index (κ1) is 11.2. The Labute approximate surface area is 106 Å². The molecule has 0 radical (unpaired) electrons. The fourth-order valence-corrected chi connectivity index (χ4v) is 2.46. The van der Waals surface area contributed by atoms with E-state index in [1.165, 1.54) is 18.7 Å². The SMILES string of the molecule is C1=CCC(c2nccn2CCn2ccnn2)CC1. The zero-order chi connectivity index (χ0) is 12.2. The van der Waals surface area contributed by atoms with Crippen molar-refractivity contribution in [2.75, 3.05) is 0 Å². The van der Waals surface area contributed by atoms with E-state index in [4.69, 9.17) is 0 Å². The second-order valence-electron chi connectivity index (χ2n) is 4.63. The summed E-state index contributed by atoms with van der Waals surface area (Å²) in [4.78, 5) is 4.52. The van der Waals surface area contributed by atoms with Crippen molar-refractivity contribution >= 4 is 0 Å². The highest BCUT2D eigenvalue weighted by molar-refractivity contribution is 5.07. The molecule has 1 aliphatic carbocycles. The molecule has 1 aliphatic rings. The summed E-state index contributed by atoms with van der Waals surface area (Å²) in [6, 6.07) is 0. The van der Waals surface area contributed by atoms with Gasteiger partial charge in [0.15, 0.2) is 0 Å². The molecule has 94 valence electrons. The lowest BCUT2D eigenvalue weighted by Crippen LogP contribution is -2.14. The number of rotatable bonds is 4. The van der Waals surface area contributed by atoms with E-state index >= 15 is 0 Å². The summed E-state index contributed by atoms with van der Waals surface area (Å²) >= 11 is 0. The maximum atomic E-state index is 4.52. The van der Waals surface area contributed by atoms with E-state index in [9.17, 15) is 0 Å². The zero-order valence-electron chi connectivity index (χ0n) is 10.3. The van der Waals surface area contributed by atoms with Gasteiger partial charge in [0.2, 0.25) is 0 Å². The van der Waals surface area contributed by atoms with Crippen LogP contribution in [0.2, 0.25) is 0 Å². The normalized spacial score (nSPS) is 19.2. The molecule has 0 spiro atoms. The third-order valence-corrected chi connectivity index (χ3v) is 3.42. The molecule has 0 amide bonds. The fraction of sp³-hybridized carbons (Fsp3) is 0.462. The number of aryl methyl sites for hydroxylation is 2. The minimum absolute atomic E-state index is 0.570. The molecule has 5 heteroatoms. The maximum Gasteiger partial charge on any atom is 0.112 e. The Kier molecular flexibility index (Phi) is 3.21. The van der Waals surface area contributed by atoms with Gasteiger partial charge in [-0.1, -0.05) is 17.4 Å². The molecule has 2 aromatic heterocycles. The van der Waals surface area contributed by atoms with Crippen LogP contribution in [0.4, 0.5) is 0 Å². The highest BCUT2D eigenvalue weighted by atomic mass is 15.4. The number of hydrogen-bond acceptors (Lipinski definition) is 3. The van der Waals surface area contributed by atoms with Gasteiger partial charge in [-0.2, -0.15) is 0 Å². The van der Waals surface area contributed by atoms with Crippen LogP contribution >= 0.6 is 0 Å². The minimum atomic E-state index is 0.570. The molecule has 1 atom stereocenters.